The van der Waals surface area contributed by atoms with Gasteiger partial charge in [-0.3, -0.25) is 4.79 Å². The molecular formula is C15H30N2O2. The van der Waals surface area contributed by atoms with E-state index in [9.17, 15) is 9.90 Å². The molecule has 1 fully saturated rings. The molecule has 1 atom stereocenters. The molecule has 0 aromatic heterocycles. The first-order valence-electron chi connectivity index (χ1n) is 7.50. The molecule has 0 aromatic rings. The fourth-order valence-corrected chi connectivity index (χ4v) is 2.48. The van der Waals surface area contributed by atoms with Crippen molar-refractivity contribution >= 4 is 5.91 Å². The summed E-state index contributed by atoms with van der Waals surface area (Å²) in [5.41, 5.74) is -0.848. The Labute approximate surface area is 117 Å². The number of rotatable bonds is 4. The smallest absolute Gasteiger partial charge is 0.237 e. The van der Waals surface area contributed by atoms with Crippen molar-refractivity contribution in [2.45, 2.75) is 83.4 Å². The average Bonchev–Trinajstić information content (AvgIpc) is 2.49. The van der Waals surface area contributed by atoms with Gasteiger partial charge >= 0.3 is 0 Å². The van der Waals surface area contributed by atoms with E-state index in [0.29, 0.717) is 6.54 Å². The predicted octanol–water partition coefficient (Wildman–Crippen LogP) is 1.96. The molecule has 0 heterocycles. The van der Waals surface area contributed by atoms with Crippen LogP contribution in [0.5, 0.6) is 0 Å². The summed E-state index contributed by atoms with van der Waals surface area (Å²) < 4.78 is 0. The van der Waals surface area contributed by atoms with E-state index < -0.39 is 5.60 Å². The van der Waals surface area contributed by atoms with Gasteiger partial charge < -0.3 is 15.7 Å². The molecule has 3 N–H and O–H groups in total. The van der Waals surface area contributed by atoms with Crippen LogP contribution in [0.4, 0.5) is 0 Å². The van der Waals surface area contributed by atoms with Gasteiger partial charge in [-0.1, -0.05) is 25.7 Å². The second-order valence-corrected chi connectivity index (χ2v) is 6.98. The number of carbonyl (C=O) groups excluding carboxylic acids is 1. The summed E-state index contributed by atoms with van der Waals surface area (Å²) in [6, 6.07) is -0.272. The second kappa shape index (κ2) is 6.71. The van der Waals surface area contributed by atoms with Crippen molar-refractivity contribution in [1.29, 1.82) is 0 Å². The fourth-order valence-electron chi connectivity index (χ4n) is 2.48. The summed E-state index contributed by atoms with van der Waals surface area (Å²) in [7, 11) is 0. The van der Waals surface area contributed by atoms with Gasteiger partial charge in [0.1, 0.15) is 0 Å². The highest BCUT2D eigenvalue weighted by molar-refractivity contribution is 5.81. The Hall–Kier alpha value is -0.610. The van der Waals surface area contributed by atoms with E-state index in [0.717, 1.165) is 25.7 Å². The first-order valence-corrected chi connectivity index (χ1v) is 7.50. The van der Waals surface area contributed by atoms with Crippen molar-refractivity contribution in [1.82, 2.24) is 10.6 Å². The highest BCUT2D eigenvalue weighted by atomic mass is 16.3. The number of nitrogens with one attached hydrogen (secondary N) is 2. The van der Waals surface area contributed by atoms with Crippen molar-refractivity contribution in [3.05, 3.63) is 0 Å². The van der Waals surface area contributed by atoms with E-state index in [1.54, 1.807) is 0 Å². The molecule has 1 unspecified atom stereocenters. The minimum absolute atomic E-state index is 0.00952. The Kier molecular flexibility index (Phi) is 5.81. The van der Waals surface area contributed by atoms with Gasteiger partial charge in [-0.05, 0) is 40.5 Å². The topological polar surface area (TPSA) is 61.4 Å². The van der Waals surface area contributed by atoms with E-state index in [1.807, 2.05) is 27.7 Å². The molecule has 1 aliphatic carbocycles. The summed E-state index contributed by atoms with van der Waals surface area (Å²) in [4.78, 5) is 11.9. The molecule has 1 aliphatic rings. The van der Waals surface area contributed by atoms with Crippen molar-refractivity contribution in [2.24, 2.45) is 0 Å². The van der Waals surface area contributed by atoms with Crippen LogP contribution < -0.4 is 10.6 Å². The SMILES string of the molecule is CC(NCC1(O)CCCCCC1)C(=O)NC(C)(C)C. The Morgan fingerprint density at radius 1 is 1.21 bits per heavy atom. The second-order valence-electron chi connectivity index (χ2n) is 6.98. The zero-order chi connectivity index (χ0) is 14.5. The van der Waals surface area contributed by atoms with Gasteiger partial charge in [-0.15, -0.1) is 0 Å². The maximum atomic E-state index is 11.9. The Morgan fingerprint density at radius 2 is 1.74 bits per heavy atom. The number of amides is 1. The maximum absolute atomic E-state index is 11.9. The molecule has 0 saturated heterocycles. The van der Waals surface area contributed by atoms with Crippen LogP contribution in [0.15, 0.2) is 0 Å². The predicted molar refractivity (Wildman–Crippen MR) is 78.0 cm³/mol. The van der Waals surface area contributed by atoms with Crippen molar-refractivity contribution in [3.63, 3.8) is 0 Å². The molecule has 1 rings (SSSR count). The summed E-state index contributed by atoms with van der Waals surface area (Å²) in [5, 5.41) is 16.6. The lowest BCUT2D eigenvalue weighted by atomic mass is 9.94. The quantitative estimate of drug-likeness (QED) is 0.684. The third-order valence-corrected chi connectivity index (χ3v) is 3.66. The molecule has 0 bridgehead atoms. The molecule has 0 aliphatic heterocycles. The van der Waals surface area contributed by atoms with E-state index in [1.165, 1.54) is 12.8 Å². The van der Waals surface area contributed by atoms with E-state index >= 15 is 0 Å². The van der Waals surface area contributed by atoms with Gasteiger partial charge in [0, 0.05) is 12.1 Å². The molecule has 4 heteroatoms. The Morgan fingerprint density at radius 3 is 2.21 bits per heavy atom. The van der Waals surface area contributed by atoms with E-state index in [-0.39, 0.29) is 17.5 Å². The monoisotopic (exact) mass is 270 g/mol. The lowest BCUT2D eigenvalue weighted by Gasteiger charge is -2.29. The summed E-state index contributed by atoms with van der Waals surface area (Å²) in [6.45, 7) is 8.26. The normalized spacial score (nSPS) is 21.5. The first-order chi connectivity index (χ1) is 8.72. The number of hydrogen-bond acceptors (Lipinski definition) is 3. The zero-order valence-corrected chi connectivity index (χ0v) is 12.9. The van der Waals surface area contributed by atoms with Crippen LogP contribution in [-0.2, 0) is 4.79 Å². The minimum Gasteiger partial charge on any atom is -0.389 e. The molecule has 19 heavy (non-hydrogen) atoms. The fraction of sp³-hybridized carbons (Fsp3) is 0.933. The Balaban J connectivity index is 2.40. The van der Waals surface area contributed by atoms with Gasteiger partial charge in [0.05, 0.1) is 11.6 Å². The molecule has 1 saturated carbocycles. The Bertz CT molecular complexity index is 289. The summed E-state index contributed by atoms with van der Waals surface area (Å²) >= 11 is 0. The molecular weight excluding hydrogens is 240 g/mol. The molecule has 0 radical (unpaired) electrons. The molecule has 4 nitrogen and oxygen atoms in total. The minimum atomic E-state index is -0.632. The number of hydrogen-bond donors (Lipinski definition) is 3. The van der Waals surface area contributed by atoms with Crippen molar-refractivity contribution in [2.75, 3.05) is 6.54 Å². The lowest BCUT2D eigenvalue weighted by Crippen LogP contribution is -2.52. The first kappa shape index (κ1) is 16.4. The molecule has 0 spiro atoms. The summed E-state index contributed by atoms with van der Waals surface area (Å²) in [6.07, 6.45) is 6.27. The number of carbonyl (C=O) groups is 1. The van der Waals surface area contributed by atoms with Crippen LogP contribution in [0.25, 0.3) is 0 Å². The van der Waals surface area contributed by atoms with Crippen molar-refractivity contribution in [3.8, 4) is 0 Å². The van der Waals surface area contributed by atoms with Gasteiger partial charge in [-0.2, -0.15) is 0 Å². The molecule has 0 aromatic carbocycles. The highest BCUT2D eigenvalue weighted by Gasteiger charge is 2.29. The highest BCUT2D eigenvalue weighted by Crippen LogP contribution is 2.26. The van der Waals surface area contributed by atoms with Crippen LogP contribution in [0, 0.1) is 0 Å². The van der Waals surface area contributed by atoms with Crippen LogP contribution in [-0.4, -0.2) is 34.7 Å². The largest absolute Gasteiger partial charge is 0.389 e. The van der Waals surface area contributed by atoms with Crippen LogP contribution >= 0.6 is 0 Å². The molecule has 1 amide bonds. The van der Waals surface area contributed by atoms with Crippen molar-refractivity contribution < 1.29 is 9.90 Å². The average molecular weight is 270 g/mol. The number of aliphatic hydroxyl groups is 1. The lowest BCUT2D eigenvalue weighted by molar-refractivity contribution is -0.124. The van der Waals surface area contributed by atoms with Gasteiger partial charge in [0.15, 0.2) is 0 Å². The summed E-state index contributed by atoms with van der Waals surface area (Å²) in [5.74, 6) is -0.00952. The van der Waals surface area contributed by atoms with Gasteiger partial charge in [-0.25, -0.2) is 0 Å². The zero-order valence-electron chi connectivity index (χ0n) is 12.9. The standard InChI is InChI=1S/C15H30N2O2/c1-12(13(18)17-14(2,3)4)16-11-15(19)9-7-5-6-8-10-15/h12,16,19H,5-11H2,1-4H3,(H,17,18). The molecule has 112 valence electrons. The van der Waals surface area contributed by atoms with Gasteiger partial charge in [0.25, 0.3) is 0 Å². The van der Waals surface area contributed by atoms with Crippen LogP contribution in [0.2, 0.25) is 0 Å². The van der Waals surface area contributed by atoms with E-state index in [4.69, 9.17) is 0 Å². The van der Waals surface area contributed by atoms with Gasteiger partial charge in [0.2, 0.25) is 5.91 Å². The third kappa shape index (κ3) is 6.39. The van der Waals surface area contributed by atoms with Crippen LogP contribution in [0.3, 0.4) is 0 Å². The van der Waals surface area contributed by atoms with E-state index in [2.05, 4.69) is 10.6 Å². The third-order valence-electron chi connectivity index (χ3n) is 3.66. The van der Waals surface area contributed by atoms with Crippen LogP contribution in [0.1, 0.15) is 66.2 Å². The maximum Gasteiger partial charge on any atom is 0.237 e.